The lowest BCUT2D eigenvalue weighted by atomic mass is 9.82. The predicted molar refractivity (Wildman–Crippen MR) is 148 cm³/mol. The van der Waals surface area contributed by atoms with Gasteiger partial charge in [-0.3, -0.25) is 4.90 Å². The molecule has 0 N–H and O–H groups in total. The Kier molecular flexibility index (Phi) is 8.12. The second-order valence-electron chi connectivity index (χ2n) is 11.3. The summed E-state index contributed by atoms with van der Waals surface area (Å²) in [6.07, 6.45) is -6.17. The van der Waals surface area contributed by atoms with Crippen molar-refractivity contribution in [1.82, 2.24) is 4.90 Å². The molecule has 5 rings (SSSR count). The van der Waals surface area contributed by atoms with Crippen LogP contribution in [0.2, 0.25) is 0 Å². The first-order valence-corrected chi connectivity index (χ1v) is 15.5. The van der Waals surface area contributed by atoms with Gasteiger partial charge < -0.3 is 4.74 Å². The van der Waals surface area contributed by atoms with Crippen molar-refractivity contribution in [2.75, 3.05) is 13.1 Å². The van der Waals surface area contributed by atoms with Gasteiger partial charge in [0.25, 0.3) is 0 Å². The number of alkyl halides is 6. The molecule has 226 valence electrons. The Bertz CT molecular complexity index is 1510. The molecule has 0 saturated carbocycles. The second-order valence-corrected chi connectivity index (χ2v) is 13.3. The van der Waals surface area contributed by atoms with E-state index in [0.717, 1.165) is 47.4 Å². The van der Waals surface area contributed by atoms with Crippen LogP contribution in [0.4, 0.5) is 26.3 Å². The third-order valence-electron chi connectivity index (χ3n) is 8.31. The Morgan fingerprint density at radius 3 is 1.90 bits per heavy atom. The monoisotopic (exact) mass is 611 g/mol. The van der Waals surface area contributed by atoms with Gasteiger partial charge in [0.05, 0.1) is 17.1 Å². The lowest BCUT2D eigenvalue weighted by Gasteiger charge is -2.46. The molecular formula is C31H31F6NO3S. The number of piperidine rings is 1. The van der Waals surface area contributed by atoms with E-state index in [2.05, 4.69) is 0 Å². The average molecular weight is 612 g/mol. The van der Waals surface area contributed by atoms with Crippen LogP contribution in [0.3, 0.4) is 0 Å². The molecule has 1 saturated heterocycles. The molecule has 42 heavy (non-hydrogen) atoms. The van der Waals surface area contributed by atoms with E-state index in [1.54, 1.807) is 12.1 Å². The number of hydrogen-bond acceptors (Lipinski definition) is 4. The van der Waals surface area contributed by atoms with Crippen LogP contribution in [0, 0.1) is 0 Å². The van der Waals surface area contributed by atoms with Crippen molar-refractivity contribution >= 4 is 9.84 Å². The zero-order chi connectivity index (χ0) is 30.3. The molecule has 2 heterocycles. The summed E-state index contributed by atoms with van der Waals surface area (Å²) in [4.78, 5) is 1.47. The summed E-state index contributed by atoms with van der Waals surface area (Å²) >= 11 is 0. The lowest BCUT2D eigenvalue weighted by molar-refractivity contribution is -0.186. The molecule has 0 aliphatic carbocycles. The summed E-state index contributed by atoms with van der Waals surface area (Å²) in [5, 5.41) is 0. The number of nitrogens with zero attached hydrogens (tertiary/aromatic N) is 1. The van der Waals surface area contributed by atoms with Crippen molar-refractivity contribution in [2.45, 2.75) is 68.1 Å². The van der Waals surface area contributed by atoms with Crippen molar-refractivity contribution in [1.29, 1.82) is 0 Å². The molecule has 11 heteroatoms. The Labute approximate surface area is 241 Å². The summed E-state index contributed by atoms with van der Waals surface area (Å²) in [6, 6.07) is 15.6. The maximum atomic E-state index is 13.1. The van der Waals surface area contributed by atoms with Gasteiger partial charge in [-0.05, 0) is 84.7 Å². The smallest absolute Gasteiger partial charge is 0.416 e. The highest BCUT2D eigenvalue weighted by Gasteiger charge is 2.45. The summed E-state index contributed by atoms with van der Waals surface area (Å²) in [5.74, 6) is 0.139. The Hall–Kier alpha value is -3.05. The van der Waals surface area contributed by atoms with Crippen molar-refractivity contribution in [2.24, 2.45) is 0 Å². The minimum atomic E-state index is -4.48. The molecule has 1 unspecified atom stereocenters. The molecule has 1 atom stereocenters. The Morgan fingerprint density at radius 1 is 0.810 bits per heavy atom. The molecular weight excluding hydrogens is 580 g/mol. The fourth-order valence-electron chi connectivity index (χ4n) is 5.72. The number of sulfone groups is 1. The highest BCUT2D eigenvalue weighted by Crippen LogP contribution is 2.42. The minimum absolute atomic E-state index is 0.242. The number of ether oxygens (including phenoxy) is 1. The Balaban J connectivity index is 1.20. The number of benzene rings is 3. The summed E-state index contributed by atoms with van der Waals surface area (Å²) < 4.78 is 109. The van der Waals surface area contributed by atoms with E-state index in [4.69, 9.17) is 4.74 Å². The molecule has 0 radical (unpaired) electrons. The highest BCUT2D eigenvalue weighted by atomic mass is 32.2. The zero-order valence-electron chi connectivity index (χ0n) is 22.9. The Morgan fingerprint density at radius 2 is 1.36 bits per heavy atom. The predicted octanol–water partition coefficient (Wildman–Crippen LogP) is 7.60. The average Bonchev–Trinajstić information content (AvgIpc) is 2.92. The fraction of sp³-hybridized carbons (Fsp3) is 0.419. The van der Waals surface area contributed by atoms with Crippen LogP contribution < -0.4 is 4.74 Å². The van der Waals surface area contributed by atoms with Gasteiger partial charge in [0.1, 0.15) is 17.4 Å². The summed E-state index contributed by atoms with van der Waals surface area (Å²) in [5.41, 5.74) is 2.42. The van der Waals surface area contributed by atoms with Gasteiger partial charge in [-0.25, -0.2) is 8.42 Å². The molecule has 1 spiro atoms. The van der Waals surface area contributed by atoms with E-state index < -0.39 is 39.4 Å². The van der Waals surface area contributed by atoms with Crippen LogP contribution in [0.25, 0.3) is 11.1 Å². The third-order valence-corrected chi connectivity index (χ3v) is 9.86. The molecule has 2 aliphatic heterocycles. The van der Waals surface area contributed by atoms with Crippen LogP contribution in [0.1, 0.15) is 48.4 Å². The maximum Gasteiger partial charge on any atom is 0.416 e. The van der Waals surface area contributed by atoms with Crippen LogP contribution in [0.5, 0.6) is 5.75 Å². The van der Waals surface area contributed by atoms with Crippen LogP contribution in [-0.2, 0) is 33.9 Å². The quantitative estimate of drug-likeness (QED) is 0.270. The van der Waals surface area contributed by atoms with Gasteiger partial charge in [-0.15, -0.1) is 0 Å². The van der Waals surface area contributed by atoms with E-state index in [9.17, 15) is 34.8 Å². The van der Waals surface area contributed by atoms with Gasteiger partial charge in [-0.1, -0.05) is 42.5 Å². The van der Waals surface area contributed by atoms with E-state index in [0.29, 0.717) is 37.1 Å². The maximum absolute atomic E-state index is 13.1. The number of rotatable bonds is 6. The van der Waals surface area contributed by atoms with Crippen molar-refractivity contribution in [3.05, 3.63) is 89.0 Å². The topological polar surface area (TPSA) is 46.6 Å². The third kappa shape index (κ3) is 6.94. The van der Waals surface area contributed by atoms with E-state index in [1.165, 1.54) is 24.0 Å². The molecule has 0 amide bonds. The van der Waals surface area contributed by atoms with Gasteiger partial charge in [0, 0.05) is 13.1 Å². The fourth-order valence-corrected chi connectivity index (χ4v) is 7.22. The number of aryl methyl sites for hydroxylation is 1. The molecule has 0 aromatic heterocycles. The zero-order valence-corrected chi connectivity index (χ0v) is 23.7. The van der Waals surface area contributed by atoms with Crippen molar-refractivity contribution in [3.8, 4) is 16.9 Å². The number of likely N-dealkylation sites (tertiary alicyclic amines) is 1. The van der Waals surface area contributed by atoms with Crippen LogP contribution >= 0.6 is 0 Å². The van der Waals surface area contributed by atoms with Gasteiger partial charge >= 0.3 is 12.4 Å². The van der Waals surface area contributed by atoms with E-state index in [1.807, 2.05) is 30.3 Å². The molecule has 3 aromatic carbocycles. The van der Waals surface area contributed by atoms with E-state index >= 15 is 0 Å². The van der Waals surface area contributed by atoms with Crippen molar-refractivity contribution in [3.63, 3.8) is 0 Å². The van der Waals surface area contributed by atoms with E-state index in [-0.39, 0.29) is 11.5 Å². The summed E-state index contributed by atoms with van der Waals surface area (Å²) in [6.45, 7) is 1.87. The van der Waals surface area contributed by atoms with Crippen LogP contribution in [-0.4, -0.2) is 44.2 Å². The first kappa shape index (κ1) is 30.4. The van der Waals surface area contributed by atoms with Gasteiger partial charge in [0.2, 0.25) is 0 Å². The molecule has 2 aliphatic rings. The van der Waals surface area contributed by atoms with Crippen LogP contribution in [0.15, 0.2) is 66.7 Å². The number of halogens is 6. The van der Waals surface area contributed by atoms with Crippen molar-refractivity contribution < 1.29 is 39.5 Å². The van der Waals surface area contributed by atoms with Gasteiger partial charge in [-0.2, -0.15) is 26.3 Å². The standard InChI is InChI=1S/C31H31F6NO3S/c1-21(30(32,33)34)38-16-14-29(15-17-38)13-12-26-18-25(8-11-28(26)41-29)24-6-2-22(3-7-24)19-42(39,40)20-23-4-9-27(10-5-23)31(35,36)37/h2-11,18,21H,12-17,19-20H2,1H3. The second kappa shape index (κ2) is 11.2. The summed E-state index contributed by atoms with van der Waals surface area (Å²) in [7, 11) is -3.61. The number of hydrogen-bond donors (Lipinski definition) is 0. The highest BCUT2D eigenvalue weighted by molar-refractivity contribution is 7.89. The largest absolute Gasteiger partial charge is 0.487 e. The number of fused-ring (bicyclic) bond motifs is 1. The minimum Gasteiger partial charge on any atom is -0.487 e. The molecule has 1 fully saturated rings. The first-order chi connectivity index (χ1) is 19.6. The molecule has 3 aromatic rings. The normalized spacial score (nSPS) is 18.4. The molecule has 0 bridgehead atoms. The lowest BCUT2D eigenvalue weighted by Crippen LogP contribution is -2.54. The van der Waals surface area contributed by atoms with Gasteiger partial charge in [0.15, 0.2) is 9.84 Å². The molecule has 4 nitrogen and oxygen atoms in total. The first-order valence-electron chi connectivity index (χ1n) is 13.7. The SMILES string of the molecule is CC(N1CCC2(CCc3cc(-c4ccc(CS(=O)(=O)Cc5ccc(C(F)(F)F)cc5)cc4)ccc3O2)CC1)C(F)(F)F.